The summed E-state index contributed by atoms with van der Waals surface area (Å²) < 4.78 is 3.82. The van der Waals surface area contributed by atoms with Crippen molar-refractivity contribution in [1.29, 1.82) is 0 Å². The molecule has 3 heterocycles. The molecular weight excluding hydrogens is 426 g/mol. The van der Waals surface area contributed by atoms with Gasteiger partial charge in [0.2, 0.25) is 0 Å². The van der Waals surface area contributed by atoms with Crippen molar-refractivity contribution in [2.75, 3.05) is 13.6 Å². The van der Waals surface area contributed by atoms with Crippen molar-refractivity contribution < 1.29 is 4.79 Å². The van der Waals surface area contributed by atoms with Crippen LogP contribution in [-0.2, 0) is 19.5 Å². The van der Waals surface area contributed by atoms with E-state index in [0.29, 0.717) is 31.7 Å². The van der Waals surface area contributed by atoms with Gasteiger partial charge in [-0.2, -0.15) is 5.10 Å². The lowest BCUT2D eigenvalue weighted by Crippen LogP contribution is -2.36. The molecule has 0 unspecified atom stereocenters. The van der Waals surface area contributed by atoms with Gasteiger partial charge in [0.15, 0.2) is 5.43 Å². The Bertz CT molecular complexity index is 1330. The average Bonchev–Trinajstić information content (AvgIpc) is 3.35. The number of rotatable bonds is 8. The molecule has 7 heteroatoms. The summed E-state index contributed by atoms with van der Waals surface area (Å²) in [5.74, 6) is -0.282. The highest BCUT2D eigenvalue weighted by Gasteiger charge is 2.24. The molecule has 34 heavy (non-hydrogen) atoms. The number of amides is 1. The van der Waals surface area contributed by atoms with Crippen molar-refractivity contribution >= 4 is 5.91 Å². The second kappa shape index (κ2) is 10.3. The zero-order chi connectivity index (χ0) is 24.1. The fraction of sp³-hybridized carbons (Fsp3) is 0.259. The third-order valence-electron chi connectivity index (χ3n) is 6.08. The van der Waals surface area contributed by atoms with Crippen molar-refractivity contribution in [3.05, 3.63) is 117 Å². The van der Waals surface area contributed by atoms with Gasteiger partial charge in [0.05, 0.1) is 18.8 Å². The minimum absolute atomic E-state index is 0.216. The SMILES string of the molecule is Cc1ccccc1Cc1c(C(=O)N(C)CCn2cccn2)c(=O)cc(C)n1Cc1ccccn1. The van der Waals surface area contributed by atoms with Crippen LogP contribution in [0.2, 0.25) is 0 Å². The molecule has 0 aliphatic heterocycles. The molecule has 4 rings (SSSR count). The van der Waals surface area contributed by atoms with Crippen LogP contribution in [0.5, 0.6) is 0 Å². The molecule has 0 aliphatic rings. The molecule has 0 atom stereocenters. The van der Waals surface area contributed by atoms with Crippen LogP contribution in [0.1, 0.15) is 38.6 Å². The number of nitrogens with zero attached hydrogens (tertiary/aromatic N) is 5. The van der Waals surface area contributed by atoms with Gasteiger partial charge in [-0.25, -0.2) is 0 Å². The van der Waals surface area contributed by atoms with Crippen LogP contribution >= 0.6 is 0 Å². The average molecular weight is 456 g/mol. The van der Waals surface area contributed by atoms with Crippen LogP contribution in [0.4, 0.5) is 0 Å². The summed E-state index contributed by atoms with van der Waals surface area (Å²) in [5, 5.41) is 4.20. The molecule has 0 saturated heterocycles. The lowest BCUT2D eigenvalue weighted by molar-refractivity contribution is 0.0785. The van der Waals surface area contributed by atoms with E-state index in [1.165, 1.54) is 0 Å². The van der Waals surface area contributed by atoms with E-state index in [1.54, 1.807) is 35.1 Å². The molecule has 0 N–H and O–H groups in total. The summed E-state index contributed by atoms with van der Waals surface area (Å²) in [5.41, 5.74) is 4.53. The van der Waals surface area contributed by atoms with Gasteiger partial charge < -0.3 is 9.47 Å². The molecule has 0 bridgehead atoms. The summed E-state index contributed by atoms with van der Waals surface area (Å²) in [6.07, 6.45) is 5.79. The Labute approximate surface area is 199 Å². The summed E-state index contributed by atoms with van der Waals surface area (Å²) in [4.78, 5) is 32.9. The quantitative estimate of drug-likeness (QED) is 0.408. The monoisotopic (exact) mass is 455 g/mol. The molecule has 0 radical (unpaired) electrons. The van der Waals surface area contributed by atoms with Gasteiger partial charge in [-0.3, -0.25) is 19.3 Å². The van der Waals surface area contributed by atoms with Gasteiger partial charge in [-0.1, -0.05) is 30.3 Å². The summed E-state index contributed by atoms with van der Waals surface area (Å²) in [6, 6.07) is 17.2. The van der Waals surface area contributed by atoms with Crippen molar-refractivity contribution in [2.24, 2.45) is 0 Å². The highest BCUT2D eigenvalue weighted by molar-refractivity contribution is 5.95. The lowest BCUT2D eigenvalue weighted by Gasteiger charge is -2.23. The van der Waals surface area contributed by atoms with Gasteiger partial charge in [0.1, 0.15) is 5.56 Å². The lowest BCUT2D eigenvalue weighted by atomic mass is 9.99. The van der Waals surface area contributed by atoms with Crippen molar-refractivity contribution in [3.63, 3.8) is 0 Å². The molecule has 174 valence electrons. The maximum absolute atomic E-state index is 13.6. The van der Waals surface area contributed by atoms with Crippen LogP contribution in [-0.4, -0.2) is 43.7 Å². The van der Waals surface area contributed by atoms with E-state index in [2.05, 4.69) is 10.1 Å². The van der Waals surface area contributed by atoms with Gasteiger partial charge in [0.25, 0.3) is 5.91 Å². The maximum Gasteiger partial charge on any atom is 0.259 e. The summed E-state index contributed by atoms with van der Waals surface area (Å²) in [6.45, 7) is 5.42. The Hall–Kier alpha value is -4.00. The van der Waals surface area contributed by atoms with E-state index >= 15 is 0 Å². The van der Waals surface area contributed by atoms with E-state index in [0.717, 1.165) is 22.5 Å². The Morgan fingerprint density at radius 3 is 2.53 bits per heavy atom. The molecule has 0 saturated carbocycles. The number of pyridine rings is 2. The number of benzene rings is 1. The molecule has 0 spiro atoms. The van der Waals surface area contributed by atoms with Crippen molar-refractivity contribution in [3.8, 4) is 0 Å². The highest BCUT2D eigenvalue weighted by atomic mass is 16.2. The molecule has 4 aromatic rings. The predicted molar refractivity (Wildman–Crippen MR) is 132 cm³/mol. The molecule has 1 amide bonds. The minimum atomic E-state index is -0.282. The number of hydrogen-bond donors (Lipinski definition) is 0. The number of likely N-dealkylation sites (N-methyl/N-ethyl adjacent to an activating group) is 1. The highest BCUT2D eigenvalue weighted by Crippen LogP contribution is 2.19. The van der Waals surface area contributed by atoms with E-state index in [9.17, 15) is 9.59 Å². The minimum Gasteiger partial charge on any atom is -0.342 e. The number of hydrogen-bond acceptors (Lipinski definition) is 4. The fourth-order valence-corrected chi connectivity index (χ4v) is 4.08. The first kappa shape index (κ1) is 23.2. The summed E-state index contributed by atoms with van der Waals surface area (Å²) >= 11 is 0. The third kappa shape index (κ3) is 5.14. The first-order valence-corrected chi connectivity index (χ1v) is 11.3. The maximum atomic E-state index is 13.6. The number of carbonyl (C=O) groups is 1. The predicted octanol–water partition coefficient (Wildman–Crippen LogP) is 3.47. The van der Waals surface area contributed by atoms with Gasteiger partial charge in [-0.15, -0.1) is 0 Å². The molecule has 7 nitrogen and oxygen atoms in total. The molecule has 1 aromatic carbocycles. The van der Waals surface area contributed by atoms with E-state index in [4.69, 9.17) is 0 Å². The van der Waals surface area contributed by atoms with Crippen molar-refractivity contribution in [1.82, 2.24) is 24.2 Å². The molecule has 3 aromatic heterocycles. The van der Waals surface area contributed by atoms with Gasteiger partial charge in [-0.05, 0) is 43.2 Å². The topological polar surface area (TPSA) is 73.0 Å². The van der Waals surface area contributed by atoms with E-state index in [1.807, 2.05) is 73.1 Å². The second-order valence-corrected chi connectivity index (χ2v) is 8.48. The first-order chi connectivity index (χ1) is 16.4. The molecular formula is C27H29N5O2. The van der Waals surface area contributed by atoms with Crippen LogP contribution in [0, 0.1) is 13.8 Å². The second-order valence-electron chi connectivity index (χ2n) is 8.48. The first-order valence-electron chi connectivity index (χ1n) is 11.3. The van der Waals surface area contributed by atoms with Crippen LogP contribution in [0.15, 0.2) is 78.0 Å². The normalized spacial score (nSPS) is 10.9. The fourth-order valence-electron chi connectivity index (χ4n) is 4.08. The standard InChI is InChI=1S/C27H29N5O2/c1-20-9-4-5-10-22(20)18-24-26(27(34)30(3)15-16-31-14-8-13-29-31)25(33)17-21(2)32(24)19-23-11-6-7-12-28-23/h4-14,17H,15-16,18-19H2,1-3H3. The molecule has 0 fully saturated rings. The Morgan fingerprint density at radius 1 is 1.03 bits per heavy atom. The summed E-state index contributed by atoms with van der Waals surface area (Å²) in [7, 11) is 1.73. The van der Waals surface area contributed by atoms with Gasteiger partial charge in [0, 0.05) is 56.1 Å². The van der Waals surface area contributed by atoms with E-state index in [-0.39, 0.29) is 16.9 Å². The van der Waals surface area contributed by atoms with Crippen LogP contribution in [0.3, 0.4) is 0 Å². The molecule has 0 aliphatic carbocycles. The zero-order valence-corrected chi connectivity index (χ0v) is 19.8. The Balaban J connectivity index is 1.77. The van der Waals surface area contributed by atoms with Crippen molar-refractivity contribution in [2.45, 2.75) is 33.4 Å². The Kier molecular flexibility index (Phi) is 7.01. The Morgan fingerprint density at radius 2 is 1.82 bits per heavy atom. The number of carbonyl (C=O) groups excluding carboxylic acids is 1. The number of aryl methyl sites for hydroxylation is 2. The van der Waals surface area contributed by atoms with Gasteiger partial charge >= 0.3 is 0 Å². The largest absolute Gasteiger partial charge is 0.342 e. The number of aromatic nitrogens is 4. The smallest absolute Gasteiger partial charge is 0.259 e. The third-order valence-corrected chi connectivity index (χ3v) is 6.08. The van der Waals surface area contributed by atoms with Crippen LogP contribution < -0.4 is 5.43 Å². The zero-order valence-electron chi connectivity index (χ0n) is 19.8. The van der Waals surface area contributed by atoms with E-state index < -0.39 is 0 Å². The van der Waals surface area contributed by atoms with Crippen LogP contribution in [0.25, 0.3) is 0 Å².